The minimum Gasteiger partial charge on any atom is -0.480 e. The topological polar surface area (TPSA) is 38.6 Å². The van der Waals surface area contributed by atoms with Crippen LogP contribution < -0.4 is 10.1 Å². The number of nitrogens with one attached hydrogen (secondary N) is 1. The lowest BCUT2D eigenvalue weighted by Crippen LogP contribution is -2.06. The Morgan fingerprint density at radius 1 is 1.43 bits per heavy atom. The molecule has 3 rings (SSSR count). The second-order valence-corrected chi connectivity index (χ2v) is 5.95. The average molecular weight is 374 g/mol. The van der Waals surface area contributed by atoms with Crippen molar-refractivity contribution in [2.75, 3.05) is 12.4 Å². The van der Waals surface area contributed by atoms with Crippen molar-refractivity contribution in [2.45, 2.75) is 6.54 Å². The van der Waals surface area contributed by atoms with Crippen molar-refractivity contribution in [3.8, 4) is 5.88 Å². The van der Waals surface area contributed by atoms with Gasteiger partial charge < -0.3 is 10.1 Å². The van der Waals surface area contributed by atoms with Gasteiger partial charge in [-0.1, -0.05) is 0 Å². The van der Waals surface area contributed by atoms with E-state index >= 15 is 0 Å². The predicted molar refractivity (Wildman–Crippen MR) is 81.0 cm³/mol. The molecular formula is C13H10BrF2N3OS. The maximum Gasteiger partial charge on any atom is 0.238 e. The van der Waals surface area contributed by atoms with E-state index < -0.39 is 11.6 Å². The number of aromatic nitrogens is 2. The minimum absolute atomic E-state index is 0.198. The van der Waals surface area contributed by atoms with Gasteiger partial charge in [-0.05, 0) is 22.0 Å². The molecular weight excluding hydrogens is 364 g/mol. The fraction of sp³-hybridized carbons (Fsp3) is 0.154. The number of benzene rings is 1. The summed E-state index contributed by atoms with van der Waals surface area (Å²) in [4.78, 5) is 5.11. The standard InChI is InChI=1S/C13H10BrF2N3OS/c1-20-12-10(19-2-3-21-13(19)18-12)6-17-11-8(14)4-7(15)5-9(11)16/h2-5,17H,6H2,1H3. The molecule has 0 atom stereocenters. The molecule has 0 saturated heterocycles. The zero-order valence-corrected chi connectivity index (χ0v) is 13.3. The first kappa shape index (κ1) is 14.3. The summed E-state index contributed by atoms with van der Waals surface area (Å²) in [6.07, 6.45) is 1.86. The Labute approximate surface area is 131 Å². The van der Waals surface area contributed by atoms with Gasteiger partial charge in [0.1, 0.15) is 17.3 Å². The first-order chi connectivity index (χ1) is 10.1. The van der Waals surface area contributed by atoms with Crippen LogP contribution >= 0.6 is 27.3 Å². The number of halogens is 3. The van der Waals surface area contributed by atoms with Crippen LogP contribution in [-0.2, 0) is 6.54 Å². The number of ether oxygens (including phenoxy) is 1. The normalized spacial score (nSPS) is 11.0. The molecule has 1 aromatic carbocycles. The molecule has 0 aliphatic carbocycles. The molecule has 2 aromatic heterocycles. The van der Waals surface area contributed by atoms with E-state index in [1.165, 1.54) is 24.5 Å². The lowest BCUT2D eigenvalue weighted by molar-refractivity contribution is 0.395. The molecule has 110 valence electrons. The van der Waals surface area contributed by atoms with Gasteiger partial charge in [0, 0.05) is 22.1 Å². The smallest absolute Gasteiger partial charge is 0.238 e. The van der Waals surface area contributed by atoms with Crippen LogP contribution in [0.5, 0.6) is 5.88 Å². The van der Waals surface area contributed by atoms with E-state index in [0.717, 1.165) is 16.7 Å². The highest BCUT2D eigenvalue weighted by molar-refractivity contribution is 9.10. The first-order valence-electron chi connectivity index (χ1n) is 5.97. The molecule has 3 aromatic rings. The number of hydrogen-bond acceptors (Lipinski definition) is 4. The molecule has 8 heteroatoms. The number of nitrogens with zero attached hydrogens (tertiary/aromatic N) is 2. The number of imidazole rings is 1. The van der Waals surface area contributed by atoms with Crippen LogP contribution in [0, 0.1) is 11.6 Å². The van der Waals surface area contributed by atoms with Crippen LogP contribution in [0.15, 0.2) is 28.2 Å². The van der Waals surface area contributed by atoms with Crippen molar-refractivity contribution in [3.05, 3.63) is 45.5 Å². The van der Waals surface area contributed by atoms with E-state index in [1.807, 2.05) is 16.0 Å². The number of methoxy groups -OCH3 is 1. The summed E-state index contributed by atoms with van der Waals surface area (Å²) in [7, 11) is 1.53. The van der Waals surface area contributed by atoms with E-state index in [0.29, 0.717) is 16.9 Å². The second-order valence-electron chi connectivity index (χ2n) is 4.22. The molecule has 0 bridgehead atoms. The third kappa shape index (κ3) is 2.60. The molecule has 21 heavy (non-hydrogen) atoms. The van der Waals surface area contributed by atoms with Crippen molar-refractivity contribution < 1.29 is 13.5 Å². The van der Waals surface area contributed by atoms with Crippen molar-refractivity contribution in [1.82, 2.24) is 9.38 Å². The van der Waals surface area contributed by atoms with Gasteiger partial charge >= 0.3 is 0 Å². The Bertz CT molecular complexity index is 779. The summed E-state index contributed by atoms with van der Waals surface area (Å²) in [5.74, 6) is -0.813. The summed E-state index contributed by atoms with van der Waals surface area (Å²) >= 11 is 4.62. The highest BCUT2D eigenvalue weighted by Gasteiger charge is 2.15. The van der Waals surface area contributed by atoms with Crippen LogP contribution in [0.4, 0.5) is 14.5 Å². The van der Waals surface area contributed by atoms with E-state index in [1.54, 1.807) is 0 Å². The second kappa shape index (κ2) is 5.61. The quantitative estimate of drug-likeness (QED) is 0.749. The van der Waals surface area contributed by atoms with Crippen LogP contribution in [0.2, 0.25) is 0 Å². The van der Waals surface area contributed by atoms with Crippen LogP contribution in [-0.4, -0.2) is 16.5 Å². The zero-order valence-electron chi connectivity index (χ0n) is 10.9. The average Bonchev–Trinajstić information content (AvgIpc) is 2.98. The largest absolute Gasteiger partial charge is 0.480 e. The van der Waals surface area contributed by atoms with Gasteiger partial charge in [-0.25, -0.2) is 8.78 Å². The fourth-order valence-corrected chi connectivity index (χ4v) is 3.29. The maximum absolute atomic E-state index is 13.8. The fourth-order valence-electron chi connectivity index (χ4n) is 2.02. The van der Waals surface area contributed by atoms with Gasteiger partial charge in [0.2, 0.25) is 5.88 Å². The molecule has 1 N–H and O–H groups in total. The number of fused-ring (bicyclic) bond motifs is 1. The number of anilines is 1. The number of hydrogen-bond donors (Lipinski definition) is 1. The zero-order chi connectivity index (χ0) is 15.0. The van der Waals surface area contributed by atoms with E-state index in [4.69, 9.17) is 4.74 Å². The summed E-state index contributed by atoms with van der Waals surface area (Å²) in [6, 6.07) is 2.04. The van der Waals surface area contributed by atoms with E-state index in [9.17, 15) is 8.78 Å². The van der Waals surface area contributed by atoms with E-state index in [2.05, 4.69) is 26.2 Å². The summed E-state index contributed by atoms with van der Waals surface area (Å²) in [5.41, 5.74) is 0.966. The third-order valence-electron chi connectivity index (χ3n) is 2.96. The molecule has 2 heterocycles. The van der Waals surface area contributed by atoms with E-state index in [-0.39, 0.29) is 5.69 Å². The minimum atomic E-state index is -0.660. The predicted octanol–water partition coefficient (Wildman–Crippen LogP) is 4.06. The highest BCUT2D eigenvalue weighted by Crippen LogP contribution is 2.29. The van der Waals surface area contributed by atoms with Gasteiger partial charge in [0.25, 0.3) is 0 Å². The van der Waals surface area contributed by atoms with Crippen LogP contribution in [0.25, 0.3) is 4.96 Å². The summed E-state index contributed by atoms with van der Waals surface area (Å²) in [5, 5.41) is 4.85. The van der Waals surface area contributed by atoms with Crippen LogP contribution in [0.3, 0.4) is 0 Å². The van der Waals surface area contributed by atoms with Crippen LogP contribution in [0.1, 0.15) is 5.69 Å². The van der Waals surface area contributed by atoms with Crippen molar-refractivity contribution in [3.63, 3.8) is 0 Å². The molecule has 0 radical (unpaired) electrons. The Kier molecular flexibility index (Phi) is 3.81. The van der Waals surface area contributed by atoms with Gasteiger partial charge in [0.05, 0.1) is 19.3 Å². The molecule has 0 spiro atoms. The third-order valence-corrected chi connectivity index (χ3v) is 4.34. The summed E-state index contributed by atoms with van der Waals surface area (Å²) < 4.78 is 34.3. The van der Waals surface area contributed by atoms with Gasteiger partial charge in [-0.2, -0.15) is 4.98 Å². The Morgan fingerprint density at radius 3 is 2.95 bits per heavy atom. The highest BCUT2D eigenvalue weighted by atomic mass is 79.9. The Balaban J connectivity index is 1.91. The molecule has 0 unspecified atom stereocenters. The lowest BCUT2D eigenvalue weighted by Gasteiger charge is -2.10. The number of thiazole rings is 1. The Hall–Kier alpha value is -1.67. The van der Waals surface area contributed by atoms with Gasteiger partial charge in [-0.15, -0.1) is 11.3 Å². The molecule has 0 fully saturated rings. The monoisotopic (exact) mass is 373 g/mol. The van der Waals surface area contributed by atoms with Crippen molar-refractivity contribution in [1.29, 1.82) is 0 Å². The summed E-state index contributed by atoms with van der Waals surface area (Å²) in [6.45, 7) is 0.294. The number of rotatable bonds is 4. The molecule has 0 aliphatic rings. The SMILES string of the molecule is COc1nc2sccn2c1CNc1c(F)cc(F)cc1Br. The molecule has 4 nitrogen and oxygen atoms in total. The first-order valence-corrected chi connectivity index (χ1v) is 7.64. The van der Waals surface area contributed by atoms with Crippen molar-refractivity contribution in [2.24, 2.45) is 0 Å². The maximum atomic E-state index is 13.8. The lowest BCUT2D eigenvalue weighted by atomic mass is 10.3. The van der Waals surface area contributed by atoms with Gasteiger partial charge in [-0.3, -0.25) is 4.40 Å². The Morgan fingerprint density at radius 2 is 2.24 bits per heavy atom. The molecule has 0 saturated carbocycles. The van der Waals surface area contributed by atoms with Crippen molar-refractivity contribution >= 4 is 37.9 Å². The molecule has 0 amide bonds. The van der Waals surface area contributed by atoms with Gasteiger partial charge in [0.15, 0.2) is 4.96 Å². The molecule has 0 aliphatic heterocycles.